The molecule has 1 unspecified atom stereocenters. The Balaban J connectivity index is 1.77. The second-order valence-electron chi connectivity index (χ2n) is 5.66. The topological polar surface area (TPSA) is 67.6 Å². The first-order valence-electron chi connectivity index (χ1n) is 7.23. The maximum absolute atomic E-state index is 12.6. The van der Waals surface area contributed by atoms with Crippen LogP contribution in [0.1, 0.15) is 42.1 Å². The van der Waals surface area contributed by atoms with Gasteiger partial charge in [0.2, 0.25) is 5.76 Å². The summed E-state index contributed by atoms with van der Waals surface area (Å²) in [5.41, 5.74) is 0.111. The minimum atomic E-state index is -0.535. The van der Waals surface area contributed by atoms with Gasteiger partial charge in [-0.1, -0.05) is 11.1 Å². The highest BCUT2D eigenvalue weighted by molar-refractivity contribution is 5.92. The van der Waals surface area contributed by atoms with E-state index in [0.717, 1.165) is 19.4 Å². The van der Waals surface area contributed by atoms with Crippen molar-refractivity contribution in [2.45, 2.75) is 31.4 Å². The van der Waals surface area contributed by atoms with Crippen LogP contribution in [0.3, 0.4) is 0 Å². The fourth-order valence-electron chi connectivity index (χ4n) is 2.87. The number of carbonyl (C=O) groups excluding carboxylic acids is 1. The summed E-state index contributed by atoms with van der Waals surface area (Å²) < 4.78 is 10.8. The standard InChI is InChI=1S/C15H19N3O3/c1-3-15(2)5-4-7-18(15)14(19)12-9-11(17-21-12)13-10-16-6-8-20-13/h1,9,13,16H,4-8,10H2,2H3/t13?,15-/m0/s1. The zero-order chi connectivity index (χ0) is 14.9. The number of terminal acetylenes is 1. The van der Waals surface area contributed by atoms with E-state index in [0.29, 0.717) is 25.4 Å². The molecule has 2 atom stereocenters. The summed E-state index contributed by atoms with van der Waals surface area (Å²) in [5, 5.41) is 7.19. The number of hydrogen-bond acceptors (Lipinski definition) is 5. The molecule has 0 aromatic carbocycles. The number of amides is 1. The first-order chi connectivity index (χ1) is 10.1. The molecule has 3 rings (SSSR count). The molecule has 0 bridgehead atoms. The van der Waals surface area contributed by atoms with Crippen LogP contribution in [0.25, 0.3) is 0 Å². The van der Waals surface area contributed by atoms with Crippen LogP contribution in [0, 0.1) is 12.3 Å². The van der Waals surface area contributed by atoms with E-state index in [4.69, 9.17) is 15.7 Å². The van der Waals surface area contributed by atoms with Crippen molar-refractivity contribution in [1.29, 1.82) is 0 Å². The number of hydrogen-bond donors (Lipinski definition) is 1. The van der Waals surface area contributed by atoms with E-state index in [1.807, 2.05) is 6.92 Å². The third-order valence-corrected chi connectivity index (χ3v) is 4.19. The lowest BCUT2D eigenvalue weighted by Gasteiger charge is -2.29. The van der Waals surface area contributed by atoms with E-state index in [1.165, 1.54) is 0 Å². The Hall–Kier alpha value is -1.84. The van der Waals surface area contributed by atoms with E-state index in [1.54, 1.807) is 11.0 Å². The number of carbonyl (C=O) groups is 1. The zero-order valence-electron chi connectivity index (χ0n) is 12.1. The fourth-order valence-corrected chi connectivity index (χ4v) is 2.87. The Morgan fingerprint density at radius 3 is 3.24 bits per heavy atom. The average molecular weight is 289 g/mol. The van der Waals surface area contributed by atoms with Crippen LogP contribution in [0.5, 0.6) is 0 Å². The summed E-state index contributed by atoms with van der Waals surface area (Å²) in [4.78, 5) is 14.2. The van der Waals surface area contributed by atoms with Crippen molar-refractivity contribution in [3.05, 3.63) is 17.5 Å². The predicted octanol–water partition coefficient (Wildman–Crippen LogP) is 0.963. The Labute approximate surface area is 123 Å². The number of ether oxygens (including phenoxy) is 1. The normalized spacial score (nSPS) is 29.3. The molecule has 1 aromatic rings. The van der Waals surface area contributed by atoms with Crippen LogP contribution < -0.4 is 5.32 Å². The SMILES string of the molecule is C#C[C@@]1(C)CCCN1C(=O)c1cc(C2CNCCO2)no1. The van der Waals surface area contributed by atoms with Gasteiger partial charge in [0.25, 0.3) is 5.91 Å². The monoisotopic (exact) mass is 289 g/mol. The van der Waals surface area contributed by atoms with Gasteiger partial charge in [0.1, 0.15) is 17.3 Å². The van der Waals surface area contributed by atoms with E-state index >= 15 is 0 Å². The van der Waals surface area contributed by atoms with Crippen molar-refractivity contribution < 1.29 is 14.1 Å². The second kappa shape index (κ2) is 5.51. The van der Waals surface area contributed by atoms with Gasteiger partial charge in [0.15, 0.2) is 0 Å². The Bertz CT molecular complexity index is 571. The first-order valence-corrected chi connectivity index (χ1v) is 7.23. The average Bonchev–Trinajstić information content (AvgIpc) is 3.15. The van der Waals surface area contributed by atoms with E-state index in [2.05, 4.69) is 16.4 Å². The van der Waals surface area contributed by atoms with Crippen LogP contribution in [0.2, 0.25) is 0 Å². The Kier molecular flexibility index (Phi) is 3.70. The third kappa shape index (κ3) is 2.55. The lowest BCUT2D eigenvalue weighted by molar-refractivity contribution is 0.0231. The van der Waals surface area contributed by atoms with Gasteiger partial charge < -0.3 is 19.5 Å². The van der Waals surface area contributed by atoms with Crippen molar-refractivity contribution in [3.63, 3.8) is 0 Å². The third-order valence-electron chi connectivity index (χ3n) is 4.19. The molecule has 2 saturated heterocycles. The van der Waals surface area contributed by atoms with E-state index < -0.39 is 5.54 Å². The van der Waals surface area contributed by atoms with Gasteiger partial charge >= 0.3 is 0 Å². The van der Waals surface area contributed by atoms with Crippen LogP contribution >= 0.6 is 0 Å². The number of nitrogens with one attached hydrogen (secondary N) is 1. The summed E-state index contributed by atoms with van der Waals surface area (Å²) in [5.74, 6) is 2.75. The van der Waals surface area contributed by atoms with Gasteiger partial charge in [-0.15, -0.1) is 6.42 Å². The van der Waals surface area contributed by atoms with Gasteiger partial charge in [0.05, 0.1) is 6.61 Å². The molecule has 2 fully saturated rings. The van der Waals surface area contributed by atoms with Gasteiger partial charge in [-0.3, -0.25) is 4.79 Å². The van der Waals surface area contributed by atoms with Crippen molar-refractivity contribution in [1.82, 2.24) is 15.4 Å². The van der Waals surface area contributed by atoms with Gasteiger partial charge in [-0.2, -0.15) is 0 Å². The fraction of sp³-hybridized carbons (Fsp3) is 0.600. The molecule has 0 radical (unpaired) electrons. The molecule has 21 heavy (non-hydrogen) atoms. The van der Waals surface area contributed by atoms with Gasteiger partial charge in [-0.25, -0.2) is 0 Å². The molecule has 6 heteroatoms. The lowest BCUT2D eigenvalue weighted by Crippen LogP contribution is -2.43. The Morgan fingerprint density at radius 2 is 2.52 bits per heavy atom. The van der Waals surface area contributed by atoms with Crippen LogP contribution in [-0.4, -0.2) is 47.7 Å². The number of morpholine rings is 1. The molecule has 1 amide bonds. The molecule has 2 aliphatic heterocycles. The molecule has 3 heterocycles. The number of aromatic nitrogens is 1. The van der Waals surface area contributed by atoms with Crippen LogP contribution in [0.15, 0.2) is 10.6 Å². The van der Waals surface area contributed by atoms with Crippen LogP contribution in [-0.2, 0) is 4.74 Å². The second-order valence-corrected chi connectivity index (χ2v) is 5.66. The number of rotatable bonds is 2. The zero-order valence-corrected chi connectivity index (χ0v) is 12.1. The predicted molar refractivity (Wildman–Crippen MR) is 75.6 cm³/mol. The van der Waals surface area contributed by atoms with Crippen molar-refractivity contribution in [3.8, 4) is 12.3 Å². The smallest absolute Gasteiger partial charge is 0.293 e. The highest BCUT2D eigenvalue weighted by Gasteiger charge is 2.40. The van der Waals surface area contributed by atoms with Gasteiger partial charge in [0, 0.05) is 25.7 Å². The molecule has 112 valence electrons. The highest BCUT2D eigenvalue weighted by atomic mass is 16.5. The molecule has 0 aliphatic carbocycles. The molecule has 0 spiro atoms. The summed E-state index contributed by atoms with van der Waals surface area (Å²) in [7, 11) is 0. The molecule has 1 aromatic heterocycles. The van der Waals surface area contributed by atoms with Crippen LogP contribution in [0.4, 0.5) is 0 Å². The highest BCUT2D eigenvalue weighted by Crippen LogP contribution is 2.30. The molecule has 1 N–H and O–H groups in total. The molecular weight excluding hydrogens is 270 g/mol. The lowest BCUT2D eigenvalue weighted by atomic mass is 10.0. The summed E-state index contributed by atoms with van der Waals surface area (Å²) in [6, 6.07) is 1.66. The van der Waals surface area contributed by atoms with Crippen molar-refractivity contribution in [2.75, 3.05) is 26.2 Å². The van der Waals surface area contributed by atoms with Crippen molar-refractivity contribution in [2.24, 2.45) is 0 Å². The molecule has 0 saturated carbocycles. The number of likely N-dealkylation sites (tertiary alicyclic amines) is 1. The quantitative estimate of drug-likeness (QED) is 0.822. The summed E-state index contributed by atoms with van der Waals surface area (Å²) in [6.07, 6.45) is 7.13. The maximum Gasteiger partial charge on any atom is 0.293 e. The maximum atomic E-state index is 12.6. The van der Waals surface area contributed by atoms with Crippen molar-refractivity contribution >= 4 is 5.91 Å². The molecule has 6 nitrogen and oxygen atoms in total. The van der Waals surface area contributed by atoms with Gasteiger partial charge in [-0.05, 0) is 19.8 Å². The summed E-state index contributed by atoms with van der Waals surface area (Å²) in [6.45, 7) is 4.68. The first kappa shape index (κ1) is 14.1. The molecular formula is C15H19N3O3. The minimum absolute atomic E-state index is 0.165. The largest absolute Gasteiger partial charge is 0.369 e. The minimum Gasteiger partial charge on any atom is -0.369 e. The van der Waals surface area contributed by atoms with E-state index in [9.17, 15) is 4.79 Å². The van der Waals surface area contributed by atoms with E-state index in [-0.39, 0.29) is 17.8 Å². The molecule has 2 aliphatic rings. The Morgan fingerprint density at radius 1 is 1.67 bits per heavy atom. The number of nitrogens with zero attached hydrogens (tertiary/aromatic N) is 2. The summed E-state index contributed by atoms with van der Waals surface area (Å²) >= 11 is 0.